The number of benzene rings is 1. The highest BCUT2D eigenvalue weighted by Crippen LogP contribution is 2.40. The Balaban J connectivity index is 1.53. The molecule has 1 fully saturated rings. The van der Waals surface area contributed by atoms with Gasteiger partial charge in [-0.05, 0) is 49.6 Å². The summed E-state index contributed by atoms with van der Waals surface area (Å²) in [7, 11) is 3.25. The molecule has 1 saturated carbocycles. The molecule has 5 rings (SSSR count). The number of aryl methyl sites for hydroxylation is 1. The molecule has 1 N–H and O–H groups in total. The molecule has 31 heavy (non-hydrogen) atoms. The molecule has 0 saturated heterocycles. The van der Waals surface area contributed by atoms with Gasteiger partial charge in [0.25, 0.3) is 5.89 Å². The third-order valence-corrected chi connectivity index (χ3v) is 5.40. The van der Waals surface area contributed by atoms with Gasteiger partial charge in [-0.3, -0.25) is 0 Å². The van der Waals surface area contributed by atoms with Crippen LogP contribution in [0.4, 0.5) is 5.69 Å². The molecule has 8 heteroatoms. The number of nitrogens with zero attached hydrogens (tertiary/aromatic N) is 4. The van der Waals surface area contributed by atoms with Gasteiger partial charge in [0.2, 0.25) is 0 Å². The normalized spacial score (nSPS) is 13.4. The minimum atomic E-state index is 0.415. The van der Waals surface area contributed by atoms with Gasteiger partial charge in [0.15, 0.2) is 23.0 Å². The van der Waals surface area contributed by atoms with Crippen LogP contribution in [0.15, 0.2) is 41.1 Å². The van der Waals surface area contributed by atoms with Crippen molar-refractivity contribution < 1.29 is 14.0 Å². The first-order valence-electron chi connectivity index (χ1n) is 10.2. The molecule has 3 aromatic heterocycles. The number of fused-ring (bicyclic) bond motifs is 1. The number of anilines is 1. The Labute approximate surface area is 179 Å². The summed E-state index contributed by atoms with van der Waals surface area (Å²) in [5.41, 5.74) is 4.24. The van der Waals surface area contributed by atoms with Crippen molar-refractivity contribution in [3.8, 4) is 23.0 Å². The lowest BCUT2D eigenvalue weighted by molar-refractivity contribution is 0.354. The SMILES string of the molecule is COc1ccc(CNc2c(-c3nc(C4CC4)no3)cnc3nc(C)ccc23)cc1OC. The summed E-state index contributed by atoms with van der Waals surface area (Å²) in [5, 5.41) is 8.59. The summed E-state index contributed by atoms with van der Waals surface area (Å²) in [6, 6.07) is 9.83. The number of hydrogen-bond donors (Lipinski definition) is 1. The maximum atomic E-state index is 5.59. The van der Waals surface area contributed by atoms with Crippen LogP contribution < -0.4 is 14.8 Å². The van der Waals surface area contributed by atoms with E-state index >= 15 is 0 Å². The van der Waals surface area contributed by atoms with E-state index < -0.39 is 0 Å². The summed E-state index contributed by atoms with van der Waals surface area (Å²) in [6.07, 6.45) is 3.97. The minimum absolute atomic E-state index is 0.415. The molecule has 0 atom stereocenters. The zero-order chi connectivity index (χ0) is 21.4. The van der Waals surface area contributed by atoms with Crippen molar-refractivity contribution in [3.63, 3.8) is 0 Å². The largest absolute Gasteiger partial charge is 0.493 e. The minimum Gasteiger partial charge on any atom is -0.493 e. The van der Waals surface area contributed by atoms with Crippen molar-refractivity contribution >= 4 is 16.7 Å². The van der Waals surface area contributed by atoms with E-state index in [0.717, 1.165) is 46.6 Å². The number of aromatic nitrogens is 4. The highest BCUT2D eigenvalue weighted by Gasteiger charge is 2.29. The average molecular weight is 417 g/mol. The summed E-state index contributed by atoms with van der Waals surface area (Å²) in [4.78, 5) is 13.7. The van der Waals surface area contributed by atoms with Crippen LogP contribution in [0, 0.1) is 6.92 Å². The van der Waals surface area contributed by atoms with Gasteiger partial charge in [-0.1, -0.05) is 11.2 Å². The van der Waals surface area contributed by atoms with Gasteiger partial charge < -0.3 is 19.3 Å². The van der Waals surface area contributed by atoms with E-state index in [1.165, 1.54) is 0 Å². The fourth-order valence-electron chi connectivity index (χ4n) is 3.56. The van der Waals surface area contributed by atoms with Crippen LogP contribution in [0.1, 0.15) is 35.8 Å². The number of ether oxygens (including phenoxy) is 2. The van der Waals surface area contributed by atoms with Gasteiger partial charge in [-0.25, -0.2) is 9.97 Å². The predicted octanol–water partition coefficient (Wildman–Crippen LogP) is 4.49. The topological polar surface area (TPSA) is 95.2 Å². The lowest BCUT2D eigenvalue weighted by atomic mass is 10.1. The van der Waals surface area contributed by atoms with Crippen LogP contribution in [0.25, 0.3) is 22.5 Å². The van der Waals surface area contributed by atoms with Gasteiger partial charge >= 0.3 is 0 Å². The van der Waals surface area contributed by atoms with Crippen molar-refractivity contribution in [1.82, 2.24) is 20.1 Å². The molecule has 0 bridgehead atoms. The third-order valence-electron chi connectivity index (χ3n) is 5.40. The van der Waals surface area contributed by atoms with E-state index in [1.54, 1.807) is 20.4 Å². The zero-order valence-electron chi connectivity index (χ0n) is 17.7. The number of hydrogen-bond acceptors (Lipinski definition) is 8. The highest BCUT2D eigenvalue weighted by molar-refractivity contribution is 5.96. The van der Waals surface area contributed by atoms with Crippen LogP contribution >= 0.6 is 0 Å². The fraction of sp³-hybridized carbons (Fsp3) is 0.304. The molecule has 0 radical (unpaired) electrons. The Morgan fingerprint density at radius 3 is 2.68 bits per heavy atom. The molecule has 158 valence electrons. The summed E-state index contributed by atoms with van der Waals surface area (Å²) in [5.74, 6) is 3.03. The first-order valence-corrected chi connectivity index (χ1v) is 10.2. The standard InChI is InChI=1S/C23H23N5O3/c1-13-4-8-16-20(24-11-14-5-9-18(29-2)19(10-14)30-3)17(12-25-22(16)26-13)23-27-21(28-31-23)15-6-7-15/h4-5,8-10,12,15H,6-7,11H2,1-3H3,(H,24,25,26). The Kier molecular flexibility index (Phi) is 4.89. The second kappa shape index (κ2) is 7.86. The van der Waals surface area contributed by atoms with Crippen LogP contribution in [0.3, 0.4) is 0 Å². The van der Waals surface area contributed by atoms with Gasteiger partial charge in [0.05, 0.1) is 25.5 Å². The van der Waals surface area contributed by atoms with Crippen molar-refractivity contribution in [3.05, 3.63) is 53.6 Å². The molecule has 8 nitrogen and oxygen atoms in total. The lowest BCUT2D eigenvalue weighted by Gasteiger charge is -2.14. The lowest BCUT2D eigenvalue weighted by Crippen LogP contribution is -2.04. The monoisotopic (exact) mass is 417 g/mol. The molecule has 0 unspecified atom stereocenters. The van der Waals surface area contributed by atoms with Crippen molar-refractivity contribution in [2.75, 3.05) is 19.5 Å². The fourth-order valence-corrected chi connectivity index (χ4v) is 3.56. The number of rotatable bonds is 7. The molecular weight excluding hydrogens is 394 g/mol. The van der Waals surface area contributed by atoms with Crippen molar-refractivity contribution in [2.24, 2.45) is 0 Å². The second-order valence-corrected chi connectivity index (χ2v) is 7.65. The van der Waals surface area contributed by atoms with E-state index in [1.807, 2.05) is 37.3 Å². The average Bonchev–Trinajstić information content (AvgIpc) is 3.53. The van der Waals surface area contributed by atoms with E-state index in [-0.39, 0.29) is 0 Å². The summed E-state index contributed by atoms with van der Waals surface area (Å²) < 4.78 is 16.4. The highest BCUT2D eigenvalue weighted by atomic mass is 16.5. The molecular formula is C23H23N5O3. The van der Waals surface area contributed by atoms with Crippen LogP contribution in [-0.2, 0) is 6.54 Å². The molecule has 0 amide bonds. The van der Waals surface area contributed by atoms with E-state index in [9.17, 15) is 0 Å². The number of pyridine rings is 2. The maximum absolute atomic E-state index is 5.59. The Morgan fingerprint density at radius 1 is 1.06 bits per heavy atom. The van der Waals surface area contributed by atoms with Gasteiger partial charge in [-0.15, -0.1) is 0 Å². The molecule has 4 aromatic rings. The van der Waals surface area contributed by atoms with Crippen molar-refractivity contribution in [1.29, 1.82) is 0 Å². The predicted molar refractivity (Wildman–Crippen MR) is 116 cm³/mol. The Morgan fingerprint density at radius 2 is 1.90 bits per heavy atom. The van der Waals surface area contributed by atoms with Gasteiger partial charge in [-0.2, -0.15) is 4.98 Å². The summed E-state index contributed by atoms with van der Waals surface area (Å²) in [6.45, 7) is 2.51. The summed E-state index contributed by atoms with van der Waals surface area (Å²) >= 11 is 0. The number of methoxy groups -OCH3 is 2. The zero-order valence-corrected chi connectivity index (χ0v) is 17.7. The van der Waals surface area contributed by atoms with E-state index in [4.69, 9.17) is 14.0 Å². The molecule has 0 aliphatic heterocycles. The first kappa shape index (κ1) is 19.3. The van der Waals surface area contributed by atoms with Crippen LogP contribution in [0.2, 0.25) is 0 Å². The van der Waals surface area contributed by atoms with E-state index in [2.05, 4.69) is 25.4 Å². The molecule has 0 spiro atoms. The van der Waals surface area contributed by atoms with Crippen LogP contribution in [0.5, 0.6) is 11.5 Å². The molecule has 3 heterocycles. The Bertz CT molecular complexity index is 1250. The molecule has 1 aliphatic carbocycles. The van der Waals surface area contributed by atoms with E-state index in [0.29, 0.717) is 35.5 Å². The second-order valence-electron chi connectivity index (χ2n) is 7.65. The van der Waals surface area contributed by atoms with Gasteiger partial charge in [0.1, 0.15) is 0 Å². The first-order chi connectivity index (χ1) is 15.2. The van der Waals surface area contributed by atoms with Crippen molar-refractivity contribution in [2.45, 2.75) is 32.2 Å². The number of nitrogens with one attached hydrogen (secondary N) is 1. The maximum Gasteiger partial charge on any atom is 0.261 e. The quantitative estimate of drug-likeness (QED) is 0.470. The molecule has 1 aliphatic rings. The third kappa shape index (κ3) is 3.76. The van der Waals surface area contributed by atoms with Gasteiger partial charge in [0, 0.05) is 29.7 Å². The molecule has 1 aromatic carbocycles. The smallest absolute Gasteiger partial charge is 0.261 e. The van der Waals surface area contributed by atoms with Crippen LogP contribution in [-0.4, -0.2) is 34.3 Å². The Hall–Kier alpha value is -3.68.